The van der Waals surface area contributed by atoms with Crippen LogP contribution in [0.2, 0.25) is 5.02 Å². The maximum atomic E-state index is 6.24. The van der Waals surface area contributed by atoms with Gasteiger partial charge < -0.3 is 5.32 Å². The molecule has 102 valence electrons. The summed E-state index contributed by atoms with van der Waals surface area (Å²) in [7, 11) is 0. The quantitative estimate of drug-likeness (QED) is 0.896. The van der Waals surface area contributed by atoms with E-state index in [9.17, 15) is 0 Å². The summed E-state index contributed by atoms with van der Waals surface area (Å²) < 4.78 is 2.98. The number of benzene rings is 1. The molecule has 0 radical (unpaired) electrons. The highest BCUT2D eigenvalue weighted by Gasteiger charge is 2.08. The lowest BCUT2D eigenvalue weighted by atomic mass is 10.2. The van der Waals surface area contributed by atoms with Crippen LogP contribution in [-0.2, 0) is 13.1 Å². The Morgan fingerprint density at radius 1 is 1.37 bits per heavy atom. The van der Waals surface area contributed by atoms with Gasteiger partial charge in [0.25, 0.3) is 0 Å². The normalized spacial score (nSPS) is 10.9. The van der Waals surface area contributed by atoms with Crippen molar-refractivity contribution in [3.05, 3.63) is 50.7 Å². The van der Waals surface area contributed by atoms with Gasteiger partial charge in [0.15, 0.2) is 0 Å². The third-order valence-corrected chi connectivity index (χ3v) is 3.95. The number of nitrogens with zero attached hydrogens (tertiary/aromatic N) is 2. The van der Waals surface area contributed by atoms with Crippen LogP contribution in [0.3, 0.4) is 0 Å². The number of hydrogen-bond donors (Lipinski definition) is 1. The zero-order valence-electron chi connectivity index (χ0n) is 11.1. The van der Waals surface area contributed by atoms with Gasteiger partial charge in [-0.15, -0.1) is 0 Å². The molecule has 0 fully saturated rings. The van der Waals surface area contributed by atoms with Gasteiger partial charge in [-0.1, -0.05) is 40.5 Å². The van der Waals surface area contributed by atoms with Crippen molar-refractivity contribution in [1.29, 1.82) is 0 Å². The van der Waals surface area contributed by atoms with Crippen LogP contribution in [0.4, 0.5) is 0 Å². The van der Waals surface area contributed by atoms with Crippen LogP contribution in [0.5, 0.6) is 0 Å². The molecule has 0 saturated heterocycles. The Kier molecular flexibility index (Phi) is 5.02. The molecule has 0 amide bonds. The molecule has 2 aromatic rings. The van der Waals surface area contributed by atoms with Crippen LogP contribution in [0.15, 0.2) is 28.9 Å². The van der Waals surface area contributed by atoms with E-state index in [0.717, 1.165) is 28.1 Å². The molecule has 3 nitrogen and oxygen atoms in total. The van der Waals surface area contributed by atoms with Gasteiger partial charge in [0.05, 0.1) is 12.7 Å². The van der Waals surface area contributed by atoms with Crippen molar-refractivity contribution in [2.75, 3.05) is 6.54 Å². The lowest BCUT2D eigenvalue weighted by Gasteiger charge is -2.08. The van der Waals surface area contributed by atoms with Crippen molar-refractivity contribution < 1.29 is 0 Å². The maximum absolute atomic E-state index is 6.24. The van der Waals surface area contributed by atoms with Gasteiger partial charge in [-0.3, -0.25) is 4.68 Å². The van der Waals surface area contributed by atoms with Gasteiger partial charge in [-0.25, -0.2) is 0 Å². The van der Waals surface area contributed by atoms with Crippen LogP contribution in [0, 0.1) is 6.92 Å². The molecule has 19 heavy (non-hydrogen) atoms. The molecular weight excluding hydrogens is 326 g/mol. The van der Waals surface area contributed by atoms with Crippen molar-refractivity contribution >= 4 is 27.5 Å². The SMILES string of the molecule is CCNCc1cnn(Cc2ccc(Br)cc2Cl)c1C. The molecule has 0 unspecified atom stereocenters. The highest BCUT2D eigenvalue weighted by atomic mass is 79.9. The van der Waals surface area contributed by atoms with E-state index < -0.39 is 0 Å². The van der Waals surface area contributed by atoms with Crippen LogP contribution >= 0.6 is 27.5 Å². The first kappa shape index (κ1) is 14.6. The van der Waals surface area contributed by atoms with Gasteiger partial charge in [-0.2, -0.15) is 5.10 Å². The third-order valence-electron chi connectivity index (χ3n) is 3.11. The Labute approximate surface area is 127 Å². The summed E-state index contributed by atoms with van der Waals surface area (Å²) in [6, 6.07) is 5.94. The first-order valence-electron chi connectivity index (χ1n) is 6.27. The van der Waals surface area contributed by atoms with Crippen molar-refractivity contribution in [2.24, 2.45) is 0 Å². The Hall–Kier alpha value is -0.840. The van der Waals surface area contributed by atoms with Gasteiger partial charge in [0.1, 0.15) is 0 Å². The lowest BCUT2D eigenvalue weighted by molar-refractivity contribution is 0.659. The molecule has 1 heterocycles. The summed E-state index contributed by atoms with van der Waals surface area (Å²) in [5, 5.41) is 8.51. The van der Waals surface area contributed by atoms with Gasteiger partial charge in [0, 0.05) is 27.3 Å². The summed E-state index contributed by atoms with van der Waals surface area (Å²) in [4.78, 5) is 0. The molecule has 0 saturated carbocycles. The van der Waals surface area contributed by atoms with E-state index in [1.165, 1.54) is 11.3 Å². The van der Waals surface area contributed by atoms with Crippen molar-refractivity contribution in [3.63, 3.8) is 0 Å². The van der Waals surface area contributed by atoms with E-state index in [1.807, 2.05) is 29.1 Å². The highest BCUT2D eigenvalue weighted by Crippen LogP contribution is 2.22. The number of rotatable bonds is 5. The monoisotopic (exact) mass is 341 g/mol. The first-order valence-corrected chi connectivity index (χ1v) is 7.44. The fourth-order valence-corrected chi connectivity index (χ4v) is 2.62. The van der Waals surface area contributed by atoms with E-state index in [1.54, 1.807) is 0 Å². The molecule has 1 aromatic heterocycles. The van der Waals surface area contributed by atoms with Crippen LogP contribution < -0.4 is 5.32 Å². The zero-order chi connectivity index (χ0) is 13.8. The number of aromatic nitrogens is 2. The topological polar surface area (TPSA) is 29.9 Å². The smallest absolute Gasteiger partial charge is 0.0677 e. The standard InChI is InChI=1S/C14H17BrClN3/c1-3-17-7-12-8-18-19(10(12)2)9-11-4-5-13(15)6-14(11)16/h4-6,8,17H,3,7,9H2,1-2H3. The summed E-state index contributed by atoms with van der Waals surface area (Å²) in [6.07, 6.45) is 1.92. The molecular formula is C14H17BrClN3. The Balaban J connectivity index is 2.17. The Morgan fingerprint density at radius 3 is 2.84 bits per heavy atom. The fourth-order valence-electron chi connectivity index (χ4n) is 1.89. The first-order chi connectivity index (χ1) is 9.11. The summed E-state index contributed by atoms with van der Waals surface area (Å²) in [6.45, 7) is 6.71. The van der Waals surface area contributed by atoms with E-state index in [-0.39, 0.29) is 0 Å². The molecule has 0 spiro atoms. The minimum Gasteiger partial charge on any atom is -0.313 e. The number of nitrogens with one attached hydrogen (secondary N) is 1. The van der Waals surface area contributed by atoms with Gasteiger partial charge >= 0.3 is 0 Å². The highest BCUT2D eigenvalue weighted by molar-refractivity contribution is 9.10. The number of hydrogen-bond acceptors (Lipinski definition) is 2. The zero-order valence-corrected chi connectivity index (χ0v) is 13.4. The van der Waals surface area contributed by atoms with E-state index >= 15 is 0 Å². The van der Waals surface area contributed by atoms with E-state index in [4.69, 9.17) is 11.6 Å². The van der Waals surface area contributed by atoms with E-state index in [2.05, 4.69) is 40.2 Å². The number of halogens is 2. The van der Waals surface area contributed by atoms with E-state index in [0.29, 0.717) is 6.54 Å². The van der Waals surface area contributed by atoms with Crippen LogP contribution in [-0.4, -0.2) is 16.3 Å². The Morgan fingerprint density at radius 2 is 2.16 bits per heavy atom. The average molecular weight is 343 g/mol. The molecule has 2 rings (SSSR count). The second kappa shape index (κ2) is 6.55. The minimum absolute atomic E-state index is 0.698. The largest absolute Gasteiger partial charge is 0.313 e. The molecule has 0 aliphatic carbocycles. The van der Waals surface area contributed by atoms with Crippen LogP contribution in [0.1, 0.15) is 23.7 Å². The predicted molar refractivity (Wildman–Crippen MR) is 82.6 cm³/mol. The Bertz CT molecular complexity index is 566. The average Bonchev–Trinajstić information content (AvgIpc) is 2.72. The maximum Gasteiger partial charge on any atom is 0.0677 e. The lowest BCUT2D eigenvalue weighted by Crippen LogP contribution is -2.12. The molecule has 0 aliphatic rings. The summed E-state index contributed by atoms with van der Waals surface area (Å²) in [5.41, 5.74) is 3.49. The predicted octanol–water partition coefficient (Wildman–Crippen LogP) is 3.77. The van der Waals surface area contributed by atoms with Gasteiger partial charge in [-0.05, 0) is 31.2 Å². The molecule has 1 aromatic carbocycles. The van der Waals surface area contributed by atoms with Crippen molar-refractivity contribution in [2.45, 2.75) is 26.9 Å². The molecule has 1 N–H and O–H groups in total. The second-order valence-corrected chi connectivity index (χ2v) is 5.75. The second-order valence-electron chi connectivity index (χ2n) is 4.43. The van der Waals surface area contributed by atoms with Crippen LogP contribution in [0.25, 0.3) is 0 Å². The molecule has 5 heteroatoms. The molecule has 0 aliphatic heterocycles. The van der Waals surface area contributed by atoms with Crippen molar-refractivity contribution in [1.82, 2.24) is 15.1 Å². The van der Waals surface area contributed by atoms with Crippen molar-refractivity contribution in [3.8, 4) is 0 Å². The minimum atomic E-state index is 0.698. The fraction of sp³-hybridized carbons (Fsp3) is 0.357. The molecule has 0 bridgehead atoms. The summed E-state index contributed by atoms with van der Waals surface area (Å²) >= 11 is 9.65. The van der Waals surface area contributed by atoms with Gasteiger partial charge in [0.2, 0.25) is 0 Å². The molecule has 0 atom stereocenters. The summed E-state index contributed by atoms with van der Waals surface area (Å²) in [5.74, 6) is 0. The third kappa shape index (κ3) is 3.59.